The fourth-order valence-corrected chi connectivity index (χ4v) is 2.82. The molecule has 1 N–H and O–H groups in total. The van der Waals surface area contributed by atoms with E-state index in [0.717, 1.165) is 23.4 Å². The lowest BCUT2D eigenvalue weighted by Crippen LogP contribution is -2.15. The number of aliphatic hydroxyl groups excluding tert-OH is 1. The number of rotatable bonds is 5. The second-order valence-corrected chi connectivity index (χ2v) is 5.87. The van der Waals surface area contributed by atoms with Crippen LogP contribution in [0.15, 0.2) is 24.3 Å². The van der Waals surface area contributed by atoms with Crippen LogP contribution in [0.5, 0.6) is 0 Å². The predicted molar refractivity (Wildman–Crippen MR) is 82.4 cm³/mol. The van der Waals surface area contributed by atoms with E-state index in [9.17, 15) is 5.11 Å². The van der Waals surface area contributed by atoms with Crippen LogP contribution in [0.1, 0.15) is 17.0 Å². The zero-order chi connectivity index (χ0) is 14.7. The molecule has 0 fully saturated rings. The molecule has 0 spiro atoms. The van der Waals surface area contributed by atoms with E-state index in [1.165, 1.54) is 0 Å². The number of aliphatic hydroxyl groups is 1. The minimum Gasteiger partial charge on any atom is -0.396 e. The Bertz CT molecular complexity index is 596. The number of nitrogens with zero attached hydrogens (tertiary/aromatic N) is 2. The van der Waals surface area contributed by atoms with Gasteiger partial charge in [-0.25, -0.2) is 0 Å². The molecule has 1 aromatic carbocycles. The minimum absolute atomic E-state index is 0.0979. The van der Waals surface area contributed by atoms with Crippen molar-refractivity contribution in [2.75, 3.05) is 6.61 Å². The van der Waals surface area contributed by atoms with Crippen molar-refractivity contribution in [3.8, 4) is 0 Å². The summed E-state index contributed by atoms with van der Waals surface area (Å²) in [6.07, 6.45) is 1.46. The molecule has 0 aliphatic rings. The minimum atomic E-state index is 0.0979. The maximum Gasteiger partial charge on any atom is 0.0847 e. The molecule has 0 saturated carbocycles. The lowest BCUT2D eigenvalue weighted by atomic mass is 9.95. The first-order valence-corrected chi connectivity index (χ1v) is 7.30. The maximum atomic E-state index is 9.60. The average Bonchev–Trinajstić information content (AvgIpc) is 2.64. The third-order valence-electron chi connectivity index (χ3n) is 3.42. The first-order chi connectivity index (χ1) is 9.51. The zero-order valence-corrected chi connectivity index (χ0v) is 13.1. The van der Waals surface area contributed by atoms with Gasteiger partial charge in [0.25, 0.3) is 0 Å². The highest BCUT2D eigenvalue weighted by Crippen LogP contribution is 2.24. The lowest BCUT2D eigenvalue weighted by Gasteiger charge is -2.15. The highest BCUT2D eigenvalue weighted by molar-refractivity contribution is 6.31. The smallest absolute Gasteiger partial charge is 0.0847 e. The van der Waals surface area contributed by atoms with Crippen molar-refractivity contribution < 1.29 is 5.11 Å². The van der Waals surface area contributed by atoms with Crippen LogP contribution in [-0.4, -0.2) is 21.5 Å². The number of hydrogen-bond donors (Lipinski definition) is 1. The molecule has 0 aliphatic heterocycles. The van der Waals surface area contributed by atoms with Crippen LogP contribution in [0.25, 0.3) is 0 Å². The number of benzene rings is 1. The molecule has 2 aromatic rings. The van der Waals surface area contributed by atoms with Crippen LogP contribution >= 0.6 is 23.2 Å². The van der Waals surface area contributed by atoms with Crippen LogP contribution in [0.4, 0.5) is 0 Å². The molecule has 20 heavy (non-hydrogen) atoms. The molecule has 5 heteroatoms. The summed E-state index contributed by atoms with van der Waals surface area (Å²) in [7, 11) is 1.88. The van der Waals surface area contributed by atoms with E-state index in [4.69, 9.17) is 23.2 Å². The van der Waals surface area contributed by atoms with Crippen LogP contribution < -0.4 is 0 Å². The Balaban J connectivity index is 2.13. The van der Waals surface area contributed by atoms with Gasteiger partial charge in [0.15, 0.2) is 0 Å². The topological polar surface area (TPSA) is 38.0 Å². The largest absolute Gasteiger partial charge is 0.396 e. The van der Waals surface area contributed by atoms with Crippen LogP contribution in [0, 0.1) is 12.8 Å². The number of aromatic nitrogens is 2. The van der Waals surface area contributed by atoms with Gasteiger partial charge < -0.3 is 5.11 Å². The van der Waals surface area contributed by atoms with E-state index in [1.807, 2.05) is 38.2 Å². The van der Waals surface area contributed by atoms with Crippen molar-refractivity contribution in [1.82, 2.24) is 9.78 Å². The third-order valence-corrected chi connectivity index (χ3v) is 4.14. The van der Waals surface area contributed by atoms with E-state index in [-0.39, 0.29) is 12.5 Å². The molecule has 2 rings (SSSR count). The molecule has 0 bridgehead atoms. The molecule has 108 valence electrons. The van der Waals surface area contributed by atoms with Gasteiger partial charge in [0.1, 0.15) is 0 Å². The first-order valence-electron chi connectivity index (χ1n) is 6.54. The summed E-state index contributed by atoms with van der Waals surface area (Å²) in [6, 6.07) is 7.72. The Morgan fingerprint density at radius 3 is 2.60 bits per heavy atom. The van der Waals surface area contributed by atoms with Gasteiger partial charge in [0.05, 0.1) is 16.4 Å². The Morgan fingerprint density at radius 2 is 2.05 bits per heavy atom. The summed E-state index contributed by atoms with van der Waals surface area (Å²) in [4.78, 5) is 0. The monoisotopic (exact) mass is 312 g/mol. The SMILES string of the molecule is Cc1nn(C)c(CC(CO)Cc2cccc(Cl)c2)c1Cl. The highest BCUT2D eigenvalue weighted by Gasteiger charge is 2.17. The number of halogens is 2. The Kier molecular flexibility index (Phi) is 5.08. The quantitative estimate of drug-likeness (QED) is 0.918. The van der Waals surface area contributed by atoms with Gasteiger partial charge >= 0.3 is 0 Å². The Morgan fingerprint density at radius 1 is 1.30 bits per heavy atom. The van der Waals surface area contributed by atoms with E-state index in [0.29, 0.717) is 16.5 Å². The summed E-state index contributed by atoms with van der Waals surface area (Å²) in [5.74, 6) is 0.0979. The van der Waals surface area contributed by atoms with Gasteiger partial charge in [0, 0.05) is 18.7 Å². The van der Waals surface area contributed by atoms with Gasteiger partial charge in [-0.15, -0.1) is 0 Å². The highest BCUT2D eigenvalue weighted by atomic mass is 35.5. The Hall–Kier alpha value is -1.03. The van der Waals surface area contributed by atoms with Gasteiger partial charge in [-0.05, 0) is 43.4 Å². The molecule has 1 heterocycles. The average molecular weight is 313 g/mol. The predicted octanol–water partition coefficient (Wildman–Crippen LogP) is 3.43. The molecule has 1 unspecified atom stereocenters. The third kappa shape index (κ3) is 3.54. The standard InChI is InChI=1S/C15H18Cl2N2O/c1-10-15(17)14(19(2)18-10)8-12(9-20)6-11-4-3-5-13(16)7-11/h3-5,7,12,20H,6,8-9H2,1-2H3. The molecule has 1 atom stereocenters. The van der Waals surface area contributed by atoms with E-state index < -0.39 is 0 Å². The van der Waals surface area contributed by atoms with Crippen molar-refractivity contribution >= 4 is 23.2 Å². The van der Waals surface area contributed by atoms with Gasteiger partial charge in [0.2, 0.25) is 0 Å². The van der Waals surface area contributed by atoms with Crippen molar-refractivity contribution in [2.45, 2.75) is 19.8 Å². The molecule has 3 nitrogen and oxygen atoms in total. The zero-order valence-electron chi connectivity index (χ0n) is 11.6. The molecule has 0 aliphatic carbocycles. The summed E-state index contributed by atoms with van der Waals surface area (Å²) in [5.41, 5.74) is 2.90. The van der Waals surface area contributed by atoms with Gasteiger partial charge in [-0.1, -0.05) is 35.3 Å². The second kappa shape index (κ2) is 6.61. The maximum absolute atomic E-state index is 9.60. The molecule has 0 amide bonds. The number of aryl methyl sites for hydroxylation is 2. The molecule has 0 radical (unpaired) electrons. The van der Waals surface area contributed by atoms with Crippen molar-refractivity contribution in [2.24, 2.45) is 13.0 Å². The van der Waals surface area contributed by atoms with Gasteiger partial charge in [-0.3, -0.25) is 4.68 Å². The van der Waals surface area contributed by atoms with Crippen molar-refractivity contribution in [3.63, 3.8) is 0 Å². The van der Waals surface area contributed by atoms with E-state index in [1.54, 1.807) is 4.68 Å². The van der Waals surface area contributed by atoms with Crippen molar-refractivity contribution in [3.05, 3.63) is 51.3 Å². The summed E-state index contributed by atoms with van der Waals surface area (Å²) in [5, 5.41) is 15.3. The van der Waals surface area contributed by atoms with Crippen LogP contribution in [0.3, 0.4) is 0 Å². The van der Waals surface area contributed by atoms with Crippen LogP contribution in [-0.2, 0) is 19.9 Å². The number of hydrogen-bond acceptors (Lipinski definition) is 2. The lowest BCUT2D eigenvalue weighted by molar-refractivity contribution is 0.223. The molecule has 1 aromatic heterocycles. The van der Waals surface area contributed by atoms with E-state index in [2.05, 4.69) is 5.10 Å². The molecular formula is C15H18Cl2N2O. The normalized spacial score (nSPS) is 12.7. The van der Waals surface area contributed by atoms with Crippen molar-refractivity contribution in [1.29, 1.82) is 0 Å². The van der Waals surface area contributed by atoms with Gasteiger partial charge in [-0.2, -0.15) is 5.10 Å². The Labute approximate surface area is 129 Å². The van der Waals surface area contributed by atoms with Crippen LogP contribution in [0.2, 0.25) is 10.0 Å². The van der Waals surface area contributed by atoms with E-state index >= 15 is 0 Å². The fourth-order valence-electron chi connectivity index (χ4n) is 2.37. The summed E-state index contributed by atoms with van der Waals surface area (Å²) < 4.78 is 1.79. The molecule has 0 saturated heterocycles. The molecular weight excluding hydrogens is 295 g/mol. The summed E-state index contributed by atoms with van der Waals surface area (Å²) in [6.45, 7) is 1.99. The second-order valence-electron chi connectivity index (χ2n) is 5.06. The fraction of sp³-hybridized carbons (Fsp3) is 0.400. The first kappa shape index (κ1) is 15.4. The summed E-state index contributed by atoms with van der Waals surface area (Å²) >= 11 is 12.2.